The second-order valence-corrected chi connectivity index (χ2v) is 7.87. The number of hydrogen-bond acceptors (Lipinski definition) is 0. The van der Waals surface area contributed by atoms with Crippen LogP contribution in [0.1, 0.15) is 22.4 Å². The Morgan fingerprint density at radius 3 is 2.17 bits per heavy atom. The summed E-state index contributed by atoms with van der Waals surface area (Å²) in [5, 5.41) is 2.29. The zero-order valence-electron chi connectivity index (χ0n) is 17.7. The summed E-state index contributed by atoms with van der Waals surface area (Å²) in [6, 6.07) is 21.4. The molecule has 4 aromatic rings. The zero-order valence-corrected chi connectivity index (χ0v) is 17.7. The molecule has 0 amide bonds. The molecule has 0 N–H and O–H groups in total. The molecular formula is C27H25N2+. The molecule has 142 valence electrons. The molecule has 3 aromatic carbocycles. The first kappa shape index (κ1) is 18.9. The van der Waals surface area contributed by atoms with E-state index in [9.17, 15) is 0 Å². The molecule has 0 aliphatic rings. The summed E-state index contributed by atoms with van der Waals surface area (Å²) < 4.78 is 2.25. The molecule has 0 radical (unpaired) electrons. The van der Waals surface area contributed by atoms with E-state index in [2.05, 4.69) is 92.7 Å². The van der Waals surface area contributed by atoms with E-state index in [1.807, 2.05) is 12.1 Å². The lowest BCUT2D eigenvalue weighted by Crippen LogP contribution is -2.35. The van der Waals surface area contributed by atoms with Gasteiger partial charge in [-0.15, -0.1) is 0 Å². The fourth-order valence-corrected chi connectivity index (χ4v) is 4.31. The Labute approximate surface area is 172 Å². The summed E-state index contributed by atoms with van der Waals surface area (Å²) in [5.41, 5.74) is 10.7. The molecule has 2 nitrogen and oxygen atoms in total. The third kappa shape index (κ3) is 3.19. The largest absolute Gasteiger partial charge is 0.238 e. The van der Waals surface area contributed by atoms with Gasteiger partial charge in [-0.05, 0) is 66.1 Å². The van der Waals surface area contributed by atoms with Crippen molar-refractivity contribution < 1.29 is 4.57 Å². The molecule has 0 bridgehead atoms. The van der Waals surface area contributed by atoms with E-state index in [0.717, 1.165) is 5.39 Å². The van der Waals surface area contributed by atoms with Crippen molar-refractivity contribution in [1.82, 2.24) is 0 Å². The molecule has 0 fully saturated rings. The number of hydrogen-bond donors (Lipinski definition) is 0. The third-order valence-corrected chi connectivity index (χ3v) is 5.90. The molecule has 4 rings (SSSR count). The number of aromatic nitrogens is 1. The first-order chi connectivity index (χ1) is 13.9. The maximum atomic E-state index is 7.33. The van der Waals surface area contributed by atoms with Crippen LogP contribution in [0, 0.1) is 34.3 Å². The Morgan fingerprint density at radius 2 is 1.52 bits per heavy atom. The van der Waals surface area contributed by atoms with Crippen LogP contribution in [0.15, 0.2) is 60.7 Å². The molecule has 1 heterocycles. The highest BCUT2D eigenvalue weighted by molar-refractivity contribution is 5.96. The van der Waals surface area contributed by atoms with Gasteiger partial charge >= 0.3 is 0 Å². The van der Waals surface area contributed by atoms with Crippen LogP contribution in [0.25, 0.3) is 38.0 Å². The van der Waals surface area contributed by atoms with Crippen LogP contribution >= 0.6 is 0 Å². The van der Waals surface area contributed by atoms with Gasteiger partial charge in [0.25, 0.3) is 0 Å². The Kier molecular flexibility index (Phi) is 4.68. The number of rotatable bonds is 2. The van der Waals surface area contributed by atoms with E-state index in [1.54, 1.807) is 0 Å². The number of benzene rings is 3. The number of pyridine rings is 1. The third-order valence-electron chi connectivity index (χ3n) is 5.90. The van der Waals surface area contributed by atoms with E-state index in [1.165, 1.54) is 50.2 Å². The van der Waals surface area contributed by atoms with Crippen molar-refractivity contribution in [3.05, 3.63) is 94.5 Å². The van der Waals surface area contributed by atoms with Gasteiger partial charge in [0.05, 0.1) is 12.0 Å². The van der Waals surface area contributed by atoms with Gasteiger partial charge in [0.15, 0.2) is 11.4 Å². The molecule has 0 saturated heterocycles. The average molecular weight is 378 g/mol. The topological polar surface area (TPSA) is 8.24 Å². The SMILES string of the molecule is [C-]#[N+]c1ccc2c(-c3ccc(-c4c(C)cccc4C)cc3C)[n+](C)c(C)cc2c1. The minimum Gasteiger partial charge on any atom is -0.238 e. The van der Waals surface area contributed by atoms with Crippen LogP contribution in [0.5, 0.6) is 0 Å². The Balaban J connectivity index is 1.96. The van der Waals surface area contributed by atoms with Crippen molar-refractivity contribution in [2.45, 2.75) is 27.7 Å². The van der Waals surface area contributed by atoms with Gasteiger partial charge in [-0.25, -0.2) is 4.85 Å². The minimum atomic E-state index is 0.679. The monoisotopic (exact) mass is 377 g/mol. The highest BCUT2D eigenvalue weighted by atomic mass is 14.9. The maximum Gasteiger partial charge on any atom is 0.220 e. The van der Waals surface area contributed by atoms with Gasteiger partial charge in [-0.3, -0.25) is 0 Å². The van der Waals surface area contributed by atoms with Crippen LogP contribution in [-0.4, -0.2) is 0 Å². The van der Waals surface area contributed by atoms with Gasteiger partial charge in [0.2, 0.25) is 5.69 Å². The van der Waals surface area contributed by atoms with E-state index in [-0.39, 0.29) is 0 Å². The summed E-state index contributed by atoms with van der Waals surface area (Å²) in [6.45, 7) is 16.0. The molecule has 0 saturated carbocycles. The molecule has 0 aliphatic heterocycles. The van der Waals surface area contributed by atoms with Crippen molar-refractivity contribution in [1.29, 1.82) is 0 Å². The van der Waals surface area contributed by atoms with Crippen molar-refractivity contribution in [3.8, 4) is 22.4 Å². The summed E-state index contributed by atoms with van der Waals surface area (Å²) >= 11 is 0. The van der Waals surface area contributed by atoms with E-state index >= 15 is 0 Å². The lowest BCUT2D eigenvalue weighted by atomic mass is 9.91. The quantitative estimate of drug-likeness (QED) is 0.269. The Bertz CT molecular complexity index is 1290. The van der Waals surface area contributed by atoms with Gasteiger partial charge in [0, 0.05) is 18.6 Å². The summed E-state index contributed by atoms with van der Waals surface area (Å²) in [7, 11) is 2.12. The van der Waals surface area contributed by atoms with Crippen LogP contribution in [-0.2, 0) is 7.05 Å². The second-order valence-electron chi connectivity index (χ2n) is 7.87. The van der Waals surface area contributed by atoms with E-state index in [0.29, 0.717) is 5.69 Å². The smallest absolute Gasteiger partial charge is 0.220 e. The average Bonchev–Trinajstić information content (AvgIpc) is 2.69. The summed E-state index contributed by atoms with van der Waals surface area (Å²) in [6.07, 6.45) is 0. The minimum absolute atomic E-state index is 0.679. The maximum absolute atomic E-state index is 7.33. The van der Waals surface area contributed by atoms with Crippen LogP contribution in [0.3, 0.4) is 0 Å². The van der Waals surface area contributed by atoms with Crippen LogP contribution in [0.2, 0.25) is 0 Å². The molecule has 0 atom stereocenters. The highest BCUT2D eigenvalue weighted by Crippen LogP contribution is 2.34. The summed E-state index contributed by atoms with van der Waals surface area (Å²) in [5.74, 6) is 0. The van der Waals surface area contributed by atoms with Crippen LogP contribution in [0.4, 0.5) is 5.69 Å². The van der Waals surface area contributed by atoms with Crippen molar-refractivity contribution in [2.24, 2.45) is 7.05 Å². The Hall–Kier alpha value is -3.44. The van der Waals surface area contributed by atoms with E-state index in [4.69, 9.17) is 6.57 Å². The molecule has 0 unspecified atom stereocenters. The van der Waals surface area contributed by atoms with Crippen molar-refractivity contribution >= 4 is 16.5 Å². The van der Waals surface area contributed by atoms with Crippen molar-refractivity contribution in [3.63, 3.8) is 0 Å². The first-order valence-electron chi connectivity index (χ1n) is 9.89. The van der Waals surface area contributed by atoms with Gasteiger partial charge < -0.3 is 0 Å². The first-order valence-corrected chi connectivity index (χ1v) is 9.89. The fraction of sp³-hybridized carbons (Fsp3) is 0.185. The normalized spacial score (nSPS) is 10.9. The van der Waals surface area contributed by atoms with Crippen molar-refractivity contribution in [2.75, 3.05) is 0 Å². The standard InChI is InChI=1S/C27H25N2/c1-17-8-7-9-18(2)26(17)21-10-12-24(19(3)14-21)27-25-13-11-23(28-5)16-22(25)15-20(4)29(27)6/h7-16H,1-4,6H3/q+1. The van der Waals surface area contributed by atoms with E-state index < -0.39 is 0 Å². The predicted molar refractivity (Wildman–Crippen MR) is 121 cm³/mol. The van der Waals surface area contributed by atoms with Gasteiger partial charge in [0.1, 0.15) is 7.05 Å². The lowest BCUT2D eigenvalue weighted by molar-refractivity contribution is -0.665. The molecule has 2 heteroatoms. The Morgan fingerprint density at radius 1 is 0.793 bits per heavy atom. The fourth-order valence-electron chi connectivity index (χ4n) is 4.31. The lowest BCUT2D eigenvalue weighted by Gasteiger charge is -2.14. The van der Waals surface area contributed by atoms with Crippen LogP contribution < -0.4 is 4.57 Å². The van der Waals surface area contributed by atoms with Gasteiger partial charge in [-0.2, -0.15) is 4.57 Å². The molecule has 1 aromatic heterocycles. The molecule has 0 aliphatic carbocycles. The molecule has 29 heavy (non-hydrogen) atoms. The zero-order chi connectivity index (χ0) is 20.7. The predicted octanol–water partition coefficient (Wildman–Crippen LogP) is 6.78. The highest BCUT2D eigenvalue weighted by Gasteiger charge is 2.20. The number of fused-ring (bicyclic) bond motifs is 1. The molecule has 0 spiro atoms. The second kappa shape index (κ2) is 7.18. The number of nitrogens with zero attached hydrogens (tertiary/aromatic N) is 2. The molecular weight excluding hydrogens is 352 g/mol. The number of aryl methyl sites for hydroxylation is 4. The van der Waals surface area contributed by atoms with Gasteiger partial charge in [-0.1, -0.05) is 42.5 Å². The summed E-state index contributed by atoms with van der Waals surface area (Å²) in [4.78, 5) is 3.60.